The molecule has 0 saturated carbocycles. The van der Waals surface area contributed by atoms with Crippen molar-refractivity contribution in [3.05, 3.63) is 58.3 Å². The first-order valence-corrected chi connectivity index (χ1v) is 9.96. The molecule has 1 amide bonds. The third kappa shape index (κ3) is 5.52. The van der Waals surface area contributed by atoms with E-state index in [1.54, 1.807) is 11.3 Å². The Kier molecular flexibility index (Phi) is 6.99. The zero-order valence-electron chi connectivity index (χ0n) is 14.6. The fourth-order valence-corrected chi connectivity index (χ4v) is 3.70. The summed E-state index contributed by atoms with van der Waals surface area (Å²) in [6, 6.07) is 14.4. The second kappa shape index (κ2) is 9.66. The molecule has 0 bridgehead atoms. The molecule has 1 aliphatic rings. The number of amides is 1. The largest absolute Gasteiger partial charge is 0.378 e. The van der Waals surface area contributed by atoms with E-state index >= 15 is 0 Å². The molecule has 0 radical (unpaired) electrons. The van der Waals surface area contributed by atoms with Gasteiger partial charge in [0.2, 0.25) is 5.91 Å². The van der Waals surface area contributed by atoms with Crippen LogP contribution in [0, 0.1) is 0 Å². The van der Waals surface area contributed by atoms with Gasteiger partial charge in [0.15, 0.2) is 5.11 Å². The summed E-state index contributed by atoms with van der Waals surface area (Å²) in [6.45, 7) is 4.16. The average molecular weight is 390 g/mol. The van der Waals surface area contributed by atoms with E-state index < -0.39 is 0 Å². The van der Waals surface area contributed by atoms with Crippen LogP contribution in [0.2, 0.25) is 0 Å². The third-order valence-electron chi connectivity index (χ3n) is 4.18. The molecular weight excluding hydrogens is 366 g/mol. The van der Waals surface area contributed by atoms with E-state index in [1.165, 1.54) is 10.4 Å². The van der Waals surface area contributed by atoms with Crippen molar-refractivity contribution < 1.29 is 9.53 Å². The second-order valence-electron chi connectivity index (χ2n) is 6.07. The van der Waals surface area contributed by atoms with E-state index in [-0.39, 0.29) is 12.5 Å². The number of hydrogen-bond donors (Lipinski definition) is 1. The highest BCUT2D eigenvalue weighted by Crippen LogP contribution is 2.15. The molecule has 1 saturated heterocycles. The van der Waals surface area contributed by atoms with Crippen LogP contribution in [0.25, 0.3) is 0 Å². The molecule has 2 heterocycles. The fraction of sp³-hybridized carbons (Fsp3) is 0.368. The number of ether oxygens (including phenoxy) is 1. The Hall–Kier alpha value is -1.96. The van der Waals surface area contributed by atoms with Crippen molar-refractivity contribution in [2.45, 2.75) is 13.1 Å². The van der Waals surface area contributed by atoms with Crippen LogP contribution in [0.1, 0.15) is 10.4 Å². The van der Waals surface area contributed by atoms with E-state index in [0.29, 0.717) is 38.0 Å². The zero-order chi connectivity index (χ0) is 18.2. The lowest BCUT2D eigenvalue weighted by Crippen LogP contribution is -2.48. The van der Waals surface area contributed by atoms with Crippen molar-refractivity contribution in [2.24, 2.45) is 0 Å². The molecule has 0 unspecified atom stereocenters. The molecule has 0 aliphatic carbocycles. The van der Waals surface area contributed by atoms with Crippen LogP contribution in [0.15, 0.2) is 47.8 Å². The smallest absolute Gasteiger partial charge is 0.242 e. The van der Waals surface area contributed by atoms with Gasteiger partial charge in [-0.25, -0.2) is 0 Å². The van der Waals surface area contributed by atoms with Gasteiger partial charge >= 0.3 is 0 Å². The maximum Gasteiger partial charge on any atom is 0.242 e. The lowest BCUT2D eigenvalue weighted by Gasteiger charge is -2.29. The van der Waals surface area contributed by atoms with Gasteiger partial charge < -0.3 is 19.9 Å². The molecule has 0 spiro atoms. The van der Waals surface area contributed by atoms with Gasteiger partial charge in [-0.1, -0.05) is 36.4 Å². The zero-order valence-corrected chi connectivity index (χ0v) is 16.2. The molecule has 1 fully saturated rings. The molecule has 5 nitrogen and oxygen atoms in total. The first-order chi connectivity index (χ1) is 12.7. The van der Waals surface area contributed by atoms with Crippen LogP contribution in [0.3, 0.4) is 0 Å². The Morgan fingerprint density at radius 1 is 1.15 bits per heavy atom. The topological polar surface area (TPSA) is 44.8 Å². The summed E-state index contributed by atoms with van der Waals surface area (Å²) < 4.78 is 5.29. The quantitative estimate of drug-likeness (QED) is 0.769. The molecule has 2 aromatic rings. The number of carbonyl (C=O) groups excluding carboxylic acids is 1. The summed E-state index contributed by atoms with van der Waals surface area (Å²) in [5.41, 5.74) is 1.19. The lowest BCUT2D eigenvalue weighted by molar-refractivity contribution is -0.134. The van der Waals surface area contributed by atoms with Crippen molar-refractivity contribution in [1.82, 2.24) is 15.1 Å². The van der Waals surface area contributed by atoms with Gasteiger partial charge in [0.25, 0.3) is 0 Å². The summed E-state index contributed by atoms with van der Waals surface area (Å²) in [7, 11) is 0. The first-order valence-electron chi connectivity index (χ1n) is 8.67. The molecule has 3 rings (SSSR count). The van der Waals surface area contributed by atoms with Crippen LogP contribution < -0.4 is 5.32 Å². The molecule has 138 valence electrons. The Bertz CT molecular complexity index is 701. The maximum atomic E-state index is 12.3. The normalized spacial score (nSPS) is 14.1. The van der Waals surface area contributed by atoms with Crippen LogP contribution in [-0.4, -0.2) is 53.7 Å². The number of rotatable bonds is 6. The van der Waals surface area contributed by atoms with Gasteiger partial charge in [0.1, 0.15) is 0 Å². The van der Waals surface area contributed by atoms with Gasteiger partial charge in [-0.05, 0) is 29.2 Å². The number of nitrogens with one attached hydrogen (secondary N) is 1. The van der Waals surface area contributed by atoms with Crippen molar-refractivity contribution in [3.8, 4) is 0 Å². The van der Waals surface area contributed by atoms with Gasteiger partial charge in [0, 0.05) is 24.5 Å². The maximum absolute atomic E-state index is 12.3. The number of hydrogen-bond acceptors (Lipinski definition) is 4. The Morgan fingerprint density at radius 2 is 1.92 bits per heavy atom. The Labute approximate surface area is 163 Å². The van der Waals surface area contributed by atoms with E-state index in [1.807, 2.05) is 29.2 Å². The number of nitrogens with zero attached hydrogens (tertiary/aromatic N) is 2. The molecule has 7 heteroatoms. The van der Waals surface area contributed by atoms with E-state index in [0.717, 1.165) is 6.54 Å². The van der Waals surface area contributed by atoms with Gasteiger partial charge in [0.05, 0.1) is 26.3 Å². The predicted molar refractivity (Wildman–Crippen MR) is 108 cm³/mol. The van der Waals surface area contributed by atoms with E-state index in [9.17, 15) is 4.79 Å². The van der Waals surface area contributed by atoms with Crippen molar-refractivity contribution >= 4 is 34.6 Å². The number of thiophene rings is 1. The number of carbonyl (C=O) groups is 1. The minimum Gasteiger partial charge on any atom is -0.378 e. The van der Waals surface area contributed by atoms with Gasteiger partial charge in [-0.15, -0.1) is 11.3 Å². The fourth-order valence-electron chi connectivity index (χ4n) is 2.78. The van der Waals surface area contributed by atoms with Crippen LogP contribution in [-0.2, 0) is 22.6 Å². The predicted octanol–water partition coefficient (Wildman–Crippen LogP) is 2.48. The minimum absolute atomic E-state index is 0.0615. The summed E-state index contributed by atoms with van der Waals surface area (Å²) in [6.07, 6.45) is 0. The van der Waals surface area contributed by atoms with Gasteiger partial charge in [-0.2, -0.15) is 0 Å². The van der Waals surface area contributed by atoms with Crippen LogP contribution >= 0.6 is 23.6 Å². The standard InChI is InChI=1S/C19H23N3O2S2/c23-18(21-8-10-24-11-9-21)13-20-19(25)22(15-17-7-4-12-26-17)14-16-5-2-1-3-6-16/h1-7,12H,8-11,13-15H2,(H,20,25). The van der Waals surface area contributed by atoms with Crippen LogP contribution in [0.5, 0.6) is 0 Å². The second-order valence-corrected chi connectivity index (χ2v) is 7.49. The molecule has 1 aromatic heterocycles. The Morgan fingerprint density at radius 3 is 2.62 bits per heavy atom. The number of morpholine rings is 1. The van der Waals surface area contributed by atoms with Crippen molar-refractivity contribution in [2.75, 3.05) is 32.8 Å². The molecule has 1 aromatic carbocycles. The van der Waals surface area contributed by atoms with Gasteiger partial charge in [-0.3, -0.25) is 4.79 Å². The van der Waals surface area contributed by atoms with Crippen LogP contribution in [0.4, 0.5) is 0 Å². The number of benzene rings is 1. The lowest BCUT2D eigenvalue weighted by atomic mass is 10.2. The monoisotopic (exact) mass is 389 g/mol. The molecule has 26 heavy (non-hydrogen) atoms. The highest BCUT2D eigenvalue weighted by Gasteiger charge is 2.18. The van der Waals surface area contributed by atoms with Crippen molar-refractivity contribution in [1.29, 1.82) is 0 Å². The Balaban J connectivity index is 1.59. The van der Waals surface area contributed by atoms with E-state index in [4.69, 9.17) is 17.0 Å². The summed E-state index contributed by atoms with van der Waals surface area (Å²) in [5, 5.41) is 5.81. The SMILES string of the molecule is O=C(CNC(=S)N(Cc1ccccc1)Cc1cccs1)N1CCOCC1. The summed E-state index contributed by atoms with van der Waals surface area (Å²) in [5.74, 6) is 0.0615. The molecule has 1 N–H and O–H groups in total. The van der Waals surface area contributed by atoms with Crippen molar-refractivity contribution in [3.63, 3.8) is 0 Å². The highest BCUT2D eigenvalue weighted by atomic mass is 32.1. The third-order valence-corrected chi connectivity index (χ3v) is 5.45. The summed E-state index contributed by atoms with van der Waals surface area (Å²) in [4.78, 5) is 17.5. The van der Waals surface area contributed by atoms with E-state index in [2.05, 4.69) is 33.8 Å². The number of thiocarbonyl (C=S) groups is 1. The molecule has 0 atom stereocenters. The average Bonchev–Trinajstić information content (AvgIpc) is 3.20. The summed E-state index contributed by atoms with van der Waals surface area (Å²) >= 11 is 7.30. The molecular formula is C19H23N3O2S2. The highest BCUT2D eigenvalue weighted by molar-refractivity contribution is 7.80. The molecule has 1 aliphatic heterocycles. The first kappa shape index (κ1) is 18.8. The minimum atomic E-state index is 0.0615.